The molecule has 1 N–H and O–H groups in total. The highest BCUT2D eigenvalue weighted by Crippen LogP contribution is 2.26. The molecule has 5 nitrogen and oxygen atoms in total. The van der Waals surface area contributed by atoms with E-state index < -0.39 is 22.0 Å². The van der Waals surface area contributed by atoms with Gasteiger partial charge in [0.1, 0.15) is 6.04 Å². The van der Waals surface area contributed by atoms with E-state index in [0.29, 0.717) is 22.8 Å². The summed E-state index contributed by atoms with van der Waals surface area (Å²) in [4.78, 5) is 12.8. The Kier molecular flexibility index (Phi) is 6.31. The molecule has 140 valence electrons. The van der Waals surface area contributed by atoms with Crippen molar-refractivity contribution in [3.05, 3.63) is 58.6 Å². The Hall–Kier alpha value is -2.05. The summed E-state index contributed by atoms with van der Waals surface area (Å²) >= 11 is 5.95. The monoisotopic (exact) mass is 394 g/mol. The maximum absolute atomic E-state index is 12.8. The first-order chi connectivity index (χ1) is 12.1. The van der Waals surface area contributed by atoms with Crippen LogP contribution in [0.25, 0.3) is 0 Å². The lowest BCUT2D eigenvalue weighted by atomic mass is 10.1. The predicted molar refractivity (Wildman–Crippen MR) is 107 cm³/mol. The van der Waals surface area contributed by atoms with Gasteiger partial charge in [-0.1, -0.05) is 30.7 Å². The van der Waals surface area contributed by atoms with E-state index in [0.717, 1.165) is 17.4 Å². The molecule has 0 fully saturated rings. The van der Waals surface area contributed by atoms with Gasteiger partial charge in [-0.05, 0) is 61.7 Å². The summed E-state index contributed by atoms with van der Waals surface area (Å²) in [5.41, 5.74) is 3.01. The summed E-state index contributed by atoms with van der Waals surface area (Å²) in [6.07, 6.45) is 1.43. The Bertz CT molecular complexity index is 913. The highest BCUT2D eigenvalue weighted by molar-refractivity contribution is 7.92. The first-order valence-corrected chi connectivity index (χ1v) is 10.5. The number of nitrogens with one attached hydrogen (secondary N) is 1. The molecule has 0 aliphatic carbocycles. The van der Waals surface area contributed by atoms with Crippen molar-refractivity contribution in [1.29, 1.82) is 0 Å². The molecule has 2 aromatic carbocycles. The quantitative estimate of drug-likeness (QED) is 0.800. The van der Waals surface area contributed by atoms with Crippen molar-refractivity contribution in [2.45, 2.75) is 33.2 Å². The minimum absolute atomic E-state index is 0.326. The lowest BCUT2D eigenvalue weighted by molar-refractivity contribution is -0.117. The molecule has 0 unspecified atom stereocenters. The van der Waals surface area contributed by atoms with Gasteiger partial charge in [-0.3, -0.25) is 9.10 Å². The van der Waals surface area contributed by atoms with E-state index in [1.807, 2.05) is 19.9 Å². The van der Waals surface area contributed by atoms with Gasteiger partial charge < -0.3 is 5.32 Å². The van der Waals surface area contributed by atoms with Gasteiger partial charge in [-0.2, -0.15) is 0 Å². The maximum Gasteiger partial charge on any atom is 0.248 e. The van der Waals surface area contributed by atoms with Crippen molar-refractivity contribution in [2.24, 2.45) is 0 Å². The van der Waals surface area contributed by atoms with Crippen LogP contribution in [0.15, 0.2) is 42.5 Å². The molecule has 0 heterocycles. The molecule has 0 bridgehead atoms. The van der Waals surface area contributed by atoms with Gasteiger partial charge >= 0.3 is 0 Å². The number of sulfonamides is 1. The summed E-state index contributed by atoms with van der Waals surface area (Å²) in [5, 5.41) is 3.24. The Morgan fingerprint density at radius 2 is 1.85 bits per heavy atom. The van der Waals surface area contributed by atoms with E-state index in [1.165, 1.54) is 4.31 Å². The molecule has 0 saturated heterocycles. The fourth-order valence-corrected chi connectivity index (χ4v) is 4.11. The smallest absolute Gasteiger partial charge is 0.248 e. The van der Waals surface area contributed by atoms with Crippen LogP contribution >= 0.6 is 11.6 Å². The van der Waals surface area contributed by atoms with Crippen LogP contribution in [-0.2, 0) is 14.8 Å². The molecule has 0 saturated carbocycles. The molecule has 2 rings (SSSR count). The van der Waals surface area contributed by atoms with Crippen LogP contribution in [0, 0.1) is 13.8 Å². The topological polar surface area (TPSA) is 66.5 Å². The van der Waals surface area contributed by atoms with Crippen LogP contribution in [0.4, 0.5) is 11.4 Å². The Labute approximate surface area is 160 Å². The number of aryl methyl sites for hydroxylation is 2. The number of halogens is 1. The molecule has 7 heteroatoms. The third kappa shape index (κ3) is 4.77. The molecule has 0 aliphatic rings. The maximum atomic E-state index is 12.8. The number of carbonyl (C=O) groups is 1. The second-order valence-electron chi connectivity index (χ2n) is 6.25. The summed E-state index contributed by atoms with van der Waals surface area (Å²) in [7, 11) is -3.66. The zero-order valence-electron chi connectivity index (χ0n) is 15.3. The van der Waals surface area contributed by atoms with Gasteiger partial charge in [0, 0.05) is 10.7 Å². The van der Waals surface area contributed by atoms with Crippen molar-refractivity contribution in [3.8, 4) is 0 Å². The first kappa shape index (κ1) is 20.3. The lowest BCUT2D eigenvalue weighted by Gasteiger charge is -2.30. The van der Waals surface area contributed by atoms with E-state index in [2.05, 4.69) is 5.32 Å². The highest BCUT2D eigenvalue weighted by Gasteiger charge is 2.31. The molecule has 26 heavy (non-hydrogen) atoms. The molecule has 0 aliphatic heterocycles. The number of nitrogens with zero attached hydrogens (tertiary/aromatic N) is 1. The summed E-state index contributed by atoms with van der Waals surface area (Å²) in [6.45, 7) is 5.64. The predicted octanol–water partition coefficient (Wildman–Crippen LogP) is 4.14. The van der Waals surface area contributed by atoms with Gasteiger partial charge in [0.05, 0.1) is 11.9 Å². The van der Waals surface area contributed by atoms with Crippen LogP contribution in [-0.4, -0.2) is 26.6 Å². The van der Waals surface area contributed by atoms with Crippen molar-refractivity contribution in [1.82, 2.24) is 0 Å². The molecule has 1 amide bonds. The molecule has 0 spiro atoms. The number of hydrogen-bond donors (Lipinski definition) is 1. The van der Waals surface area contributed by atoms with Crippen molar-refractivity contribution in [3.63, 3.8) is 0 Å². The standard InChI is InChI=1S/C19H23ClN2O3S/c1-5-18(19(23)21-16-8-6-7-15(20)12-16)22(26(4,24)25)17-10-9-13(2)14(3)11-17/h6-12,18H,5H2,1-4H3,(H,21,23)/t18-/m0/s1. The fourth-order valence-electron chi connectivity index (χ4n) is 2.71. The zero-order chi connectivity index (χ0) is 19.5. The number of rotatable bonds is 6. The fraction of sp³-hybridized carbons (Fsp3) is 0.316. The Balaban J connectivity index is 2.40. The molecule has 0 aromatic heterocycles. The van der Waals surface area contributed by atoms with Crippen molar-refractivity contribution < 1.29 is 13.2 Å². The van der Waals surface area contributed by atoms with E-state index in [4.69, 9.17) is 11.6 Å². The molecular weight excluding hydrogens is 372 g/mol. The van der Waals surface area contributed by atoms with E-state index >= 15 is 0 Å². The van der Waals surface area contributed by atoms with Gasteiger partial charge in [0.25, 0.3) is 0 Å². The molecule has 2 aromatic rings. The Morgan fingerprint density at radius 1 is 1.15 bits per heavy atom. The van der Waals surface area contributed by atoms with Crippen LogP contribution in [0.3, 0.4) is 0 Å². The number of hydrogen-bond acceptors (Lipinski definition) is 3. The summed E-state index contributed by atoms with van der Waals surface area (Å²) < 4.78 is 26.1. The third-order valence-electron chi connectivity index (χ3n) is 4.17. The van der Waals surface area contributed by atoms with Gasteiger partial charge in [0.2, 0.25) is 15.9 Å². The second kappa shape index (κ2) is 8.10. The van der Waals surface area contributed by atoms with Crippen molar-refractivity contribution >= 4 is 38.9 Å². The van der Waals surface area contributed by atoms with E-state index in [9.17, 15) is 13.2 Å². The largest absolute Gasteiger partial charge is 0.324 e. The van der Waals surface area contributed by atoms with Crippen LogP contribution < -0.4 is 9.62 Å². The third-order valence-corrected chi connectivity index (χ3v) is 5.58. The zero-order valence-corrected chi connectivity index (χ0v) is 16.9. The minimum atomic E-state index is -3.66. The number of benzene rings is 2. The van der Waals surface area contributed by atoms with Gasteiger partial charge in [0.15, 0.2) is 0 Å². The normalized spacial score (nSPS) is 12.5. The number of amides is 1. The van der Waals surface area contributed by atoms with Crippen LogP contribution in [0.1, 0.15) is 24.5 Å². The molecule has 1 atom stereocenters. The van der Waals surface area contributed by atoms with Crippen LogP contribution in [0.2, 0.25) is 5.02 Å². The van der Waals surface area contributed by atoms with E-state index in [-0.39, 0.29) is 0 Å². The van der Waals surface area contributed by atoms with Gasteiger partial charge in [-0.15, -0.1) is 0 Å². The summed E-state index contributed by atoms with van der Waals surface area (Å²) in [6, 6.07) is 11.2. The SMILES string of the molecule is CC[C@@H](C(=O)Nc1cccc(Cl)c1)N(c1ccc(C)c(C)c1)S(C)(=O)=O. The molecular formula is C19H23ClN2O3S. The average Bonchev–Trinajstić information content (AvgIpc) is 2.54. The Morgan fingerprint density at radius 3 is 2.38 bits per heavy atom. The van der Waals surface area contributed by atoms with Gasteiger partial charge in [-0.25, -0.2) is 8.42 Å². The molecule has 0 radical (unpaired) electrons. The lowest BCUT2D eigenvalue weighted by Crippen LogP contribution is -2.47. The number of anilines is 2. The number of carbonyl (C=O) groups excluding carboxylic acids is 1. The van der Waals surface area contributed by atoms with Crippen LogP contribution in [0.5, 0.6) is 0 Å². The average molecular weight is 395 g/mol. The first-order valence-electron chi connectivity index (χ1n) is 8.26. The van der Waals surface area contributed by atoms with E-state index in [1.54, 1.807) is 43.3 Å². The minimum Gasteiger partial charge on any atom is -0.324 e. The van der Waals surface area contributed by atoms with Crippen molar-refractivity contribution in [2.75, 3.05) is 15.9 Å². The second-order valence-corrected chi connectivity index (χ2v) is 8.55. The summed E-state index contributed by atoms with van der Waals surface area (Å²) in [5.74, 6) is -0.404. The highest BCUT2D eigenvalue weighted by atomic mass is 35.5.